The van der Waals surface area contributed by atoms with Gasteiger partial charge in [-0.3, -0.25) is 24.1 Å². The van der Waals surface area contributed by atoms with Crippen molar-refractivity contribution in [3.63, 3.8) is 0 Å². The third-order valence-electron chi connectivity index (χ3n) is 12.5. The highest BCUT2D eigenvalue weighted by Gasteiger charge is 2.43. The minimum absolute atomic E-state index is 0.0261. The number of nitrogens with two attached hydrogens (primary N) is 1. The first kappa shape index (κ1) is 50.2. The number of pyridine rings is 1. The second-order valence-corrected chi connectivity index (χ2v) is 18.6. The number of hydrogen-bond acceptors (Lipinski definition) is 11. The van der Waals surface area contributed by atoms with Crippen LogP contribution in [0.25, 0.3) is 0 Å². The molecule has 1 fully saturated rings. The lowest BCUT2D eigenvalue weighted by molar-refractivity contribution is -0.148. The fourth-order valence-corrected chi connectivity index (χ4v) is 9.72. The Kier molecular flexibility index (Phi) is 19.3. The van der Waals surface area contributed by atoms with Crippen molar-refractivity contribution in [1.29, 1.82) is 0 Å². The van der Waals surface area contributed by atoms with Gasteiger partial charge < -0.3 is 35.6 Å². The van der Waals surface area contributed by atoms with Gasteiger partial charge in [0.25, 0.3) is 0 Å². The molecule has 1 aromatic carbocycles. The van der Waals surface area contributed by atoms with Crippen LogP contribution in [0.4, 0.5) is 5.82 Å². The van der Waals surface area contributed by atoms with Gasteiger partial charge in [0.15, 0.2) is 0 Å². The minimum atomic E-state index is -0.820. The third kappa shape index (κ3) is 13.1. The topological polar surface area (TPSA) is 172 Å². The summed E-state index contributed by atoms with van der Waals surface area (Å²) in [4.78, 5) is 71.1. The van der Waals surface area contributed by atoms with Gasteiger partial charge in [-0.2, -0.15) is 0 Å². The Balaban J connectivity index is 1.48. The van der Waals surface area contributed by atoms with E-state index in [2.05, 4.69) is 34.4 Å². The number of rotatable bonds is 23. The van der Waals surface area contributed by atoms with Crippen LogP contribution in [0.2, 0.25) is 0 Å². The van der Waals surface area contributed by atoms with Crippen LogP contribution in [0.15, 0.2) is 60.2 Å². The van der Waals surface area contributed by atoms with Crippen LogP contribution in [0.3, 0.4) is 0 Å². The number of aromatic nitrogens is 2. The van der Waals surface area contributed by atoms with E-state index in [1.165, 1.54) is 11.3 Å². The number of likely N-dealkylation sites (tertiary alicyclic amines) is 1. The highest BCUT2D eigenvalue weighted by molar-refractivity contribution is 7.09. The molecule has 1 aliphatic rings. The number of hydrogen-bond donors (Lipinski definition) is 3. The zero-order valence-corrected chi connectivity index (χ0v) is 39.6. The number of carbonyl (C=O) groups is 4. The number of anilines is 1. The van der Waals surface area contributed by atoms with Crippen molar-refractivity contribution in [2.24, 2.45) is 23.7 Å². The summed E-state index contributed by atoms with van der Waals surface area (Å²) >= 11 is 1.50. The molecular formula is C47H72N8O6S. The Morgan fingerprint density at radius 3 is 2.21 bits per heavy atom. The molecule has 0 spiro atoms. The first-order valence-electron chi connectivity index (χ1n) is 22.1. The average Bonchev–Trinajstić information content (AvgIpc) is 3.96. The van der Waals surface area contributed by atoms with Gasteiger partial charge in [0.05, 0.1) is 48.7 Å². The van der Waals surface area contributed by atoms with E-state index in [-0.39, 0.29) is 59.9 Å². The van der Waals surface area contributed by atoms with E-state index >= 15 is 0 Å². The van der Waals surface area contributed by atoms with Crippen molar-refractivity contribution in [1.82, 2.24) is 35.3 Å². The van der Waals surface area contributed by atoms with Crippen LogP contribution >= 0.6 is 11.3 Å². The Morgan fingerprint density at radius 1 is 0.919 bits per heavy atom. The Morgan fingerprint density at radius 2 is 1.63 bits per heavy atom. The zero-order chi connectivity index (χ0) is 45.7. The first-order valence-corrected chi connectivity index (χ1v) is 23.0. The van der Waals surface area contributed by atoms with Crippen LogP contribution in [0.5, 0.6) is 0 Å². The number of nitrogen functional groups attached to an aromatic ring is 1. The lowest BCUT2D eigenvalue weighted by Crippen LogP contribution is -2.60. The van der Waals surface area contributed by atoms with E-state index in [0.717, 1.165) is 29.0 Å². The molecule has 14 nitrogen and oxygen atoms in total. The highest BCUT2D eigenvalue weighted by Crippen LogP contribution is 2.31. The number of ether oxygens (including phenoxy) is 2. The molecule has 0 radical (unpaired) electrons. The largest absolute Gasteiger partial charge is 0.384 e. The molecule has 15 heteroatoms. The molecule has 0 bridgehead atoms. The number of likely N-dealkylation sites (N-methyl/N-ethyl adjacent to an activating group) is 2. The SMILES string of the molecule is CC[C@H](C)C([C@@H](CC(=O)N1CCC[C@H]1[C@H](OC)[C@@H](C)C(=O)N[C@@H](Cc1ccccc1)c1nccs1)OC)N(C)C(=O)[C@@H](NC(=O)C(C(C)C)N(C)Cc1ccnc(N)c1)C(C)C. The Hall–Kier alpha value is -4.44. The standard InChI is InChI=1S/C47H72N8O6S/c1-12-31(6)42(54(9)47(59)40(29(2)3)52-45(58)41(30(4)5)53(8)28-34-20-21-49-38(48)26-34)37(60-10)27-39(56)55-23-16-19-36(55)43(61-11)32(7)44(57)51-35(46-50-22-24-62-46)25-33-17-14-13-15-18-33/h13-15,17-18,20-22,24,26,29-32,35-37,40-43H,12,16,19,23,25,27-28H2,1-11H3,(H2,48,49)(H,51,57)(H,52,58)/t31-,32+,35-,36-,37+,40-,41?,42?,43+/m0/s1. The molecular weight excluding hydrogens is 805 g/mol. The molecule has 2 aromatic heterocycles. The van der Waals surface area contributed by atoms with Gasteiger partial charge in [-0.05, 0) is 67.3 Å². The predicted octanol–water partition coefficient (Wildman–Crippen LogP) is 5.74. The van der Waals surface area contributed by atoms with E-state index in [0.29, 0.717) is 31.7 Å². The fourth-order valence-electron chi connectivity index (χ4n) is 9.03. The summed E-state index contributed by atoms with van der Waals surface area (Å²) in [7, 11) is 6.80. The average molecular weight is 877 g/mol. The summed E-state index contributed by atoms with van der Waals surface area (Å²) in [6.45, 7) is 14.8. The molecule has 2 unspecified atom stereocenters. The molecule has 3 heterocycles. The zero-order valence-electron chi connectivity index (χ0n) is 38.7. The van der Waals surface area contributed by atoms with Crippen molar-refractivity contribution >= 4 is 40.8 Å². The van der Waals surface area contributed by atoms with Crippen molar-refractivity contribution in [2.45, 2.75) is 130 Å². The van der Waals surface area contributed by atoms with E-state index in [9.17, 15) is 19.2 Å². The number of carbonyl (C=O) groups excluding carboxylic acids is 4. The summed E-state index contributed by atoms with van der Waals surface area (Å²) < 4.78 is 12.2. The van der Waals surface area contributed by atoms with Gasteiger partial charge in [-0.15, -0.1) is 11.3 Å². The van der Waals surface area contributed by atoms with Crippen molar-refractivity contribution in [3.8, 4) is 0 Å². The molecule has 3 aromatic rings. The lowest BCUT2D eigenvalue weighted by atomic mass is 9.89. The number of methoxy groups -OCH3 is 2. The molecule has 62 heavy (non-hydrogen) atoms. The summed E-state index contributed by atoms with van der Waals surface area (Å²) in [6, 6.07) is 11.2. The van der Waals surface area contributed by atoms with Crippen LogP contribution in [0, 0.1) is 23.7 Å². The van der Waals surface area contributed by atoms with Crippen molar-refractivity contribution < 1.29 is 28.7 Å². The van der Waals surface area contributed by atoms with Crippen LogP contribution < -0.4 is 16.4 Å². The molecule has 0 saturated carbocycles. The molecule has 4 rings (SSSR count). The monoisotopic (exact) mass is 877 g/mol. The maximum Gasteiger partial charge on any atom is 0.245 e. The summed E-state index contributed by atoms with van der Waals surface area (Å²) in [5.74, 6) is -1.27. The molecule has 4 N–H and O–H groups in total. The Labute approximate surface area is 373 Å². The van der Waals surface area contributed by atoms with Gasteiger partial charge in [0.1, 0.15) is 16.9 Å². The minimum Gasteiger partial charge on any atom is -0.384 e. The summed E-state index contributed by atoms with van der Waals surface area (Å²) in [5, 5.41) is 9.08. The predicted molar refractivity (Wildman–Crippen MR) is 245 cm³/mol. The van der Waals surface area contributed by atoms with Gasteiger partial charge in [-0.1, -0.05) is 85.2 Å². The van der Waals surface area contributed by atoms with Gasteiger partial charge in [0, 0.05) is 52.1 Å². The van der Waals surface area contributed by atoms with Crippen molar-refractivity contribution in [3.05, 3.63) is 76.4 Å². The molecule has 1 aliphatic heterocycles. The van der Waals surface area contributed by atoms with Crippen molar-refractivity contribution in [2.75, 3.05) is 40.6 Å². The molecule has 342 valence electrons. The van der Waals surface area contributed by atoms with Gasteiger partial charge in [0.2, 0.25) is 23.6 Å². The van der Waals surface area contributed by atoms with Gasteiger partial charge in [-0.25, -0.2) is 9.97 Å². The number of nitrogens with one attached hydrogen (secondary N) is 2. The van der Waals surface area contributed by atoms with Crippen LogP contribution in [-0.4, -0.2) is 120 Å². The molecule has 4 amide bonds. The van der Waals surface area contributed by atoms with Gasteiger partial charge >= 0.3 is 0 Å². The second kappa shape index (κ2) is 23.9. The number of nitrogens with zero attached hydrogens (tertiary/aromatic N) is 5. The lowest BCUT2D eigenvalue weighted by Gasteiger charge is -2.41. The number of amides is 4. The fraction of sp³-hybridized carbons (Fsp3) is 0.617. The highest BCUT2D eigenvalue weighted by atomic mass is 32.1. The third-order valence-corrected chi connectivity index (χ3v) is 13.4. The summed E-state index contributed by atoms with van der Waals surface area (Å²) in [6.07, 6.45) is 4.99. The smallest absolute Gasteiger partial charge is 0.245 e. The number of benzene rings is 1. The van der Waals surface area contributed by atoms with E-state index < -0.39 is 36.3 Å². The summed E-state index contributed by atoms with van der Waals surface area (Å²) in [5.41, 5.74) is 7.94. The Bertz CT molecular complexity index is 1870. The van der Waals surface area contributed by atoms with E-state index in [1.807, 2.05) is 93.2 Å². The number of thiazole rings is 1. The quantitative estimate of drug-likeness (QED) is 0.107. The normalized spacial score (nSPS) is 18.2. The first-order chi connectivity index (χ1) is 29.5. The second-order valence-electron chi connectivity index (χ2n) is 17.6. The molecule has 0 aliphatic carbocycles. The van der Waals surface area contributed by atoms with Crippen LogP contribution in [-0.2, 0) is 41.6 Å². The van der Waals surface area contributed by atoms with E-state index in [1.54, 1.807) is 44.6 Å². The van der Waals surface area contributed by atoms with Crippen LogP contribution in [0.1, 0.15) is 96.3 Å². The molecule has 9 atom stereocenters. The van der Waals surface area contributed by atoms with E-state index in [4.69, 9.17) is 15.2 Å². The molecule has 1 saturated heterocycles. The maximum absolute atomic E-state index is 14.6. The maximum atomic E-state index is 14.6.